The van der Waals surface area contributed by atoms with Crippen molar-refractivity contribution in [1.29, 1.82) is 0 Å². The predicted molar refractivity (Wildman–Crippen MR) is 115 cm³/mol. The molecule has 1 heterocycles. The molecule has 1 unspecified atom stereocenters. The van der Waals surface area contributed by atoms with Crippen LogP contribution in [0, 0.1) is 5.92 Å². The minimum absolute atomic E-state index is 0.0421. The molecular formula is C17H24F3N7O3S2. The zero-order chi connectivity index (χ0) is 23.4. The van der Waals surface area contributed by atoms with Gasteiger partial charge in [-0.15, -0.1) is 0 Å². The van der Waals surface area contributed by atoms with E-state index in [4.69, 9.17) is 9.77 Å². The first-order chi connectivity index (χ1) is 15.0. The number of aromatic nitrogens is 2. The van der Waals surface area contributed by atoms with E-state index in [0.29, 0.717) is 11.5 Å². The Hall–Kier alpha value is -2.07. The number of rotatable bonds is 9. The van der Waals surface area contributed by atoms with Gasteiger partial charge in [-0.1, -0.05) is 18.9 Å². The second-order valence-electron chi connectivity index (χ2n) is 7.54. The molecule has 1 aromatic carbocycles. The zero-order valence-corrected chi connectivity index (χ0v) is 18.5. The fourth-order valence-electron chi connectivity index (χ4n) is 3.54. The van der Waals surface area contributed by atoms with Gasteiger partial charge in [0.2, 0.25) is 0 Å². The van der Waals surface area contributed by atoms with Gasteiger partial charge >= 0.3 is 6.18 Å². The van der Waals surface area contributed by atoms with Gasteiger partial charge in [-0.05, 0) is 60.1 Å². The van der Waals surface area contributed by atoms with Gasteiger partial charge in [0, 0.05) is 18.3 Å². The van der Waals surface area contributed by atoms with Gasteiger partial charge in [0.1, 0.15) is 6.17 Å². The second kappa shape index (κ2) is 10.2. The van der Waals surface area contributed by atoms with Crippen molar-refractivity contribution < 1.29 is 26.2 Å². The van der Waals surface area contributed by atoms with Crippen LogP contribution in [0.4, 0.5) is 24.7 Å². The maximum Gasteiger partial charge on any atom is 0.416 e. The maximum atomic E-state index is 13.0. The molecule has 0 saturated heterocycles. The van der Waals surface area contributed by atoms with Crippen molar-refractivity contribution in [3.05, 3.63) is 35.5 Å². The maximum absolute atomic E-state index is 13.0. The molecule has 1 aliphatic rings. The summed E-state index contributed by atoms with van der Waals surface area (Å²) >= 11 is 4.05. The summed E-state index contributed by atoms with van der Waals surface area (Å²) in [6.45, 7) is 0.287. The summed E-state index contributed by atoms with van der Waals surface area (Å²) in [6, 6.07) is 4.79. The molecular weight excluding hydrogens is 471 g/mol. The third kappa shape index (κ3) is 6.96. The van der Waals surface area contributed by atoms with Gasteiger partial charge in [0.15, 0.2) is 11.5 Å². The molecule has 1 aliphatic carbocycles. The summed E-state index contributed by atoms with van der Waals surface area (Å²) in [4.78, 5) is 0. The largest absolute Gasteiger partial charge is 0.416 e. The summed E-state index contributed by atoms with van der Waals surface area (Å²) < 4.78 is 70.8. The molecule has 178 valence electrons. The summed E-state index contributed by atoms with van der Waals surface area (Å²) in [5, 5.41) is 18.8. The number of hydrogen-bond donors (Lipinski definition) is 6. The smallest absolute Gasteiger partial charge is 0.364 e. The van der Waals surface area contributed by atoms with E-state index in [2.05, 4.69) is 43.2 Å². The number of benzene rings is 1. The highest BCUT2D eigenvalue weighted by Crippen LogP contribution is 2.32. The molecule has 32 heavy (non-hydrogen) atoms. The standard InChI is InChI=1S/C17H24F3N7O3S2/c18-17(19,20)11-2-1-3-13(8-11)24-16(27-31)14-15(26-30-25-14)23-12-6-4-10(5-7-12)9-22-32(21,28)29/h1-3,8,10,12,16,22,24,27,31H,4-7,9H2,(H,23,26)(H2,21,28,29). The molecule has 3 rings (SSSR count). The molecule has 1 saturated carbocycles. The van der Waals surface area contributed by atoms with Crippen molar-refractivity contribution in [2.75, 3.05) is 17.2 Å². The summed E-state index contributed by atoms with van der Waals surface area (Å²) in [5.74, 6) is 0.512. The lowest BCUT2D eigenvalue weighted by Gasteiger charge is -2.29. The molecule has 0 spiro atoms. The Morgan fingerprint density at radius 2 is 1.94 bits per heavy atom. The first kappa shape index (κ1) is 24.6. The predicted octanol–water partition coefficient (Wildman–Crippen LogP) is 2.40. The van der Waals surface area contributed by atoms with Gasteiger partial charge < -0.3 is 10.6 Å². The number of nitrogens with two attached hydrogens (primary N) is 1. The topological polar surface area (TPSA) is 147 Å². The zero-order valence-electron chi connectivity index (χ0n) is 16.8. The average Bonchev–Trinajstić information content (AvgIpc) is 3.18. The van der Waals surface area contributed by atoms with Crippen LogP contribution in [0.1, 0.15) is 43.1 Å². The van der Waals surface area contributed by atoms with E-state index in [1.807, 2.05) is 0 Å². The Bertz CT molecular complexity index is 995. The van der Waals surface area contributed by atoms with Crippen LogP contribution in [0.2, 0.25) is 0 Å². The average molecular weight is 496 g/mol. The van der Waals surface area contributed by atoms with E-state index >= 15 is 0 Å². The summed E-state index contributed by atoms with van der Waals surface area (Å²) in [5.41, 5.74) is -0.274. The van der Waals surface area contributed by atoms with E-state index in [-0.39, 0.29) is 24.2 Å². The van der Waals surface area contributed by atoms with E-state index in [9.17, 15) is 21.6 Å². The van der Waals surface area contributed by atoms with E-state index in [0.717, 1.165) is 37.8 Å². The second-order valence-corrected chi connectivity index (χ2v) is 9.18. The molecule has 0 amide bonds. The van der Waals surface area contributed by atoms with Crippen molar-refractivity contribution >= 4 is 34.5 Å². The number of thiol groups is 1. The molecule has 1 fully saturated rings. The Labute approximate surface area is 188 Å². The van der Waals surface area contributed by atoms with Crippen molar-refractivity contribution in [3.8, 4) is 0 Å². The molecule has 1 aromatic heterocycles. The summed E-state index contributed by atoms with van der Waals surface area (Å²) in [6.07, 6.45) is -2.19. The van der Waals surface area contributed by atoms with Gasteiger partial charge in [-0.2, -0.15) is 21.6 Å². The first-order valence-electron chi connectivity index (χ1n) is 9.75. The number of alkyl halides is 3. The summed E-state index contributed by atoms with van der Waals surface area (Å²) in [7, 11) is -3.71. The van der Waals surface area contributed by atoms with Crippen molar-refractivity contribution in [2.24, 2.45) is 11.1 Å². The lowest BCUT2D eigenvalue weighted by atomic mass is 9.86. The number of hydrogen-bond acceptors (Lipinski definition) is 9. The van der Waals surface area contributed by atoms with Crippen LogP contribution in [0.15, 0.2) is 28.9 Å². The lowest BCUT2D eigenvalue weighted by Crippen LogP contribution is -2.37. The third-order valence-electron chi connectivity index (χ3n) is 5.18. The molecule has 0 bridgehead atoms. The van der Waals surface area contributed by atoms with Crippen molar-refractivity contribution in [1.82, 2.24) is 19.8 Å². The Morgan fingerprint density at radius 3 is 2.56 bits per heavy atom. The third-order valence-corrected chi connectivity index (χ3v) is 6.01. The molecule has 10 nitrogen and oxygen atoms in total. The fourth-order valence-corrected chi connectivity index (χ4v) is 4.19. The van der Waals surface area contributed by atoms with Crippen LogP contribution in [-0.4, -0.2) is 31.3 Å². The van der Waals surface area contributed by atoms with Crippen LogP contribution < -0.4 is 25.2 Å². The quantitative estimate of drug-likeness (QED) is 0.230. The van der Waals surface area contributed by atoms with E-state index < -0.39 is 28.1 Å². The SMILES string of the molecule is NS(=O)(=O)NCC1CCC(Nc2nonc2C(NS)Nc2cccc(C(F)(F)F)c2)CC1. The highest BCUT2D eigenvalue weighted by Gasteiger charge is 2.31. The van der Waals surface area contributed by atoms with Gasteiger partial charge in [-0.3, -0.25) is 0 Å². The van der Waals surface area contributed by atoms with Gasteiger partial charge in [0.25, 0.3) is 10.2 Å². The number of nitrogens with one attached hydrogen (secondary N) is 4. The van der Waals surface area contributed by atoms with E-state index in [1.165, 1.54) is 12.1 Å². The normalized spacial score (nSPS) is 20.7. The van der Waals surface area contributed by atoms with Gasteiger partial charge in [0.05, 0.1) is 5.56 Å². The molecule has 0 aliphatic heterocycles. The number of halogens is 3. The van der Waals surface area contributed by atoms with E-state index in [1.54, 1.807) is 0 Å². The Morgan fingerprint density at radius 1 is 1.22 bits per heavy atom. The molecule has 15 heteroatoms. The van der Waals surface area contributed by atoms with Crippen molar-refractivity contribution in [3.63, 3.8) is 0 Å². The molecule has 6 N–H and O–H groups in total. The van der Waals surface area contributed by atoms with Gasteiger partial charge in [-0.25, -0.2) is 19.2 Å². The van der Waals surface area contributed by atoms with Crippen LogP contribution >= 0.6 is 12.8 Å². The fraction of sp³-hybridized carbons (Fsp3) is 0.529. The van der Waals surface area contributed by atoms with Crippen molar-refractivity contribution in [2.45, 2.75) is 44.1 Å². The van der Waals surface area contributed by atoms with Crippen LogP contribution in [0.5, 0.6) is 0 Å². The minimum Gasteiger partial charge on any atom is -0.364 e. The van der Waals surface area contributed by atoms with Crippen LogP contribution in [0.25, 0.3) is 0 Å². The molecule has 2 aromatic rings. The van der Waals surface area contributed by atoms with Crippen LogP contribution in [0.3, 0.4) is 0 Å². The first-order valence-corrected chi connectivity index (χ1v) is 11.7. The number of anilines is 2. The van der Waals surface area contributed by atoms with Crippen LogP contribution in [-0.2, 0) is 16.4 Å². The minimum atomic E-state index is -4.47. The molecule has 0 radical (unpaired) electrons. The highest BCUT2D eigenvalue weighted by molar-refractivity contribution is 7.87. The number of nitrogens with zero attached hydrogens (tertiary/aromatic N) is 2. The Balaban J connectivity index is 1.61. The Kier molecular flexibility index (Phi) is 7.87. The lowest BCUT2D eigenvalue weighted by molar-refractivity contribution is -0.137. The molecule has 1 atom stereocenters. The highest BCUT2D eigenvalue weighted by atomic mass is 32.2. The monoisotopic (exact) mass is 495 g/mol.